The Labute approximate surface area is 97.3 Å². The van der Waals surface area contributed by atoms with E-state index in [0.29, 0.717) is 5.56 Å². The van der Waals surface area contributed by atoms with E-state index in [1.807, 2.05) is 26.0 Å². The lowest BCUT2D eigenvalue weighted by Gasteiger charge is -2.25. The van der Waals surface area contributed by atoms with Gasteiger partial charge in [-0.15, -0.1) is 0 Å². The summed E-state index contributed by atoms with van der Waals surface area (Å²) in [6.07, 6.45) is 0. The Balaban J connectivity index is 3.48. The molecule has 16 heavy (non-hydrogen) atoms. The Bertz CT molecular complexity index is 444. The molecule has 0 atom stereocenters. The van der Waals surface area contributed by atoms with E-state index in [9.17, 15) is 4.79 Å². The molecule has 0 radical (unpaired) electrons. The summed E-state index contributed by atoms with van der Waals surface area (Å²) in [5.41, 5.74) is 7.02. The maximum atomic E-state index is 12.2. The Hall–Kier alpha value is -1.09. The van der Waals surface area contributed by atoms with Gasteiger partial charge in [-0.2, -0.15) is 0 Å². The summed E-state index contributed by atoms with van der Waals surface area (Å²) >= 11 is 0. The van der Waals surface area contributed by atoms with Crippen LogP contribution in [0.3, 0.4) is 0 Å². The topological polar surface area (TPSA) is 48.0 Å². The Kier molecular flexibility index (Phi) is 3.03. The van der Waals surface area contributed by atoms with Crippen molar-refractivity contribution in [3.05, 3.63) is 33.7 Å². The zero-order chi connectivity index (χ0) is 12.7. The lowest BCUT2D eigenvalue weighted by atomic mass is 9.89. The number of nitrogens with zero attached hydrogens (tertiary/aromatic N) is 1. The predicted octanol–water partition coefficient (Wildman–Crippen LogP) is 1.88. The lowest BCUT2D eigenvalue weighted by Crippen LogP contribution is -2.39. The molecular weight excluding hydrogens is 200 g/mol. The minimum Gasteiger partial charge on any atom is -0.322 e. The zero-order valence-corrected chi connectivity index (χ0v) is 11.1. The van der Waals surface area contributed by atoms with Crippen LogP contribution in [0.25, 0.3) is 0 Å². The van der Waals surface area contributed by atoms with Gasteiger partial charge in [-0.3, -0.25) is 4.79 Å². The van der Waals surface area contributed by atoms with Crippen molar-refractivity contribution in [2.75, 3.05) is 0 Å². The molecule has 0 saturated carbocycles. The van der Waals surface area contributed by atoms with Gasteiger partial charge in [-0.25, -0.2) is 0 Å². The summed E-state index contributed by atoms with van der Waals surface area (Å²) < 4.78 is 1.70. The third-order valence-electron chi connectivity index (χ3n) is 2.77. The van der Waals surface area contributed by atoms with Crippen LogP contribution >= 0.6 is 0 Å². The highest BCUT2D eigenvalue weighted by molar-refractivity contribution is 5.25. The van der Waals surface area contributed by atoms with Crippen molar-refractivity contribution in [2.45, 2.75) is 45.6 Å². The van der Waals surface area contributed by atoms with Crippen molar-refractivity contribution < 1.29 is 0 Å². The average Bonchev–Trinajstić information content (AvgIpc) is 2.05. The van der Waals surface area contributed by atoms with Crippen LogP contribution in [0.4, 0.5) is 0 Å². The van der Waals surface area contributed by atoms with Crippen LogP contribution in [0, 0.1) is 0 Å². The van der Waals surface area contributed by atoms with E-state index in [0.717, 1.165) is 5.69 Å². The Morgan fingerprint density at radius 1 is 1.12 bits per heavy atom. The van der Waals surface area contributed by atoms with Crippen LogP contribution in [-0.4, -0.2) is 4.57 Å². The van der Waals surface area contributed by atoms with Crippen molar-refractivity contribution in [3.8, 4) is 0 Å². The maximum absolute atomic E-state index is 12.2. The smallest absolute Gasteiger partial charge is 0.255 e. The summed E-state index contributed by atoms with van der Waals surface area (Å²) in [6.45, 7) is 9.97. The van der Waals surface area contributed by atoms with Crippen LogP contribution in [0.2, 0.25) is 0 Å². The number of hydrogen-bond donors (Lipinski definition) is 1. The number of aromatic nitrogens is 1. The fraction of sp³-hybridized carbons (Fsp3) is 0.615. The molecule has 0 aliphatic carbocycles. The average molecular weight is 222 g/mol. The van der Waals surface area contributed by atoms with Crippen molar-refractivity contribution in [2.24, 2.45) is 12.8 Å². The van der Waals surface area contributed by atoms with Gasteiger partial charge in [0.15, 0.2) is 0 Å². The summed E-state index contributed by atoms with van der Waals surface area (Å²) in [7, 11) is 1.80. The Morgan fingerprint density at radius 3 is 2.00 bits per heavy atom. The van der Waals surface area contributed by atoms with E-state index in [4.69, 9.17) is 5.73 Å². The highest BCUT2D eigenvalue weighted by atomic mass is 16.1. The number of nitrogens with two attached hydrogens (primary N) is 1. The molecule has 0 amide bonds. The summed E-state index contributed by atoms with van der Waals surface area (Å²) in [4.78, 5) is 12.2. The molecule has 3 nitrogen and oxygen atoms in total. The van der Waals surface area contributed by atoms with Crippen molar-refractivity contribution in [1.29, 1.82) is 0 Å². The molecule has 0 bridgehead atoms. The summed E-state index contributed by atoms with van der Waals surface area (Å²) in [5, 5.41) is 0. The second-order valence-corrected chi connectivity index (χ2v) is 5.97. The van der Waals surface area contributed by atoms with Gasteiger partial charge in [-0.05, 0) is 26.0 Å². The fourth-order valence-electron chi connectivity index (χ4n) is 1.88. The molecule has 2 N–H and O–H groups in total. The third-order valence-corrected chi connectivity index (χ3v) is 2.77. The van der Waals surface area contributed by atoms with E-state index < -0.39 is 5.54 Å². The summed E-state index contributed by atoms with van der Waals surface area (Å²) in [6, 6.07) is 3.84. The van der Waals surface area contributed by atoms with Crippen LogP contribution in [0.1, 0.15) is 45.9 Å². The first-order valence-corrected chi connectivity index (χ1v) is 5.55. The van der Waals surface area contributed by atoms with E-state index in [2.05, 4.69) is 20.8 Å². The number of pyridine rings is 1. The van der Waals surface area contributed by atoms with E-state index in [1.165, 1.54) is 0 Å². The monoisotopic (exact) mass is 222 g/mol. The molecule has 0 aliphatic heterocycles. The van der Waals surface area contributed by atoms with Crippen LogP contribution < -0.4 is 11.3 Å². The summed E-state index contributed by atoms with van der Waals surface area (Å²) in [5.74, 6) is 0. The van der Waals surface area contributed by atoms with Crippen molar-refractivity contribution >= 4 is 0 Å². The third kappa shape index (κ3) is 2.35. The van der Waals surface area contributed by atoms with Crippen LogP contribution in [0.5, 0.6) is 0 Å². The second-order valence-electron chi connectivity index (χ2n) is 5.97. The molecule has 0 aromatic carbocycles. The zero-order valence-electron chi connectivity index (χ0n) is 11.1. The molecule has 3 heteroatoms. The highest BCUT2D eigenvalue weighted by Crippen LogP contribution is 2.22. The first kappa shape index (κ1) is 13.0. The van der Waals surface area contributed by atoms with Gasteiger partial charge >= 0.3 is 0 Å². The van der Waals surface area contributed by atoms with E-state index >= 15 is 0 Å². The van der Waals surface area contributed by atoms with Gasteiger partial charge in [0.05, 0.1) is 0 Å². The number of rotatable bonds is 1. The van der Waals surface area contributed by atoms with Crippen molar-refractivity contribution in [3.63, 3.8) is 0 Å². The van der Waals surface area contributed by atoms with Gasteiger partial charge < -0.3 is 10.3 Å². The molecule has 90 valence electrons. The standard InChI is InChI=1S/C13H22N2O/c1-12(2,3)10-8-7-9(13(4,5)14)11(16)15(10)6/h7-8H,14H2,1-6H3. The molecular formula is C13H22N2O. The minimum absolute atomic E-state index is 0.0000694. The molecule has 1 heterocycles. The maximum Gasteiger partial charge on any atom is 0.255 e. The second kappa shape index (κ2) is 3.74. The molecule has 0 aliphatic rings. The quantitative estimate of drug-likeness (QED) is 0.788. The first-order valence-electron chi connectivity index (χ1n) is 5.55. The van der Waals surface area contributed by atoms with Crippen molar-refractivity contribution in [1.82, 2.24) is 4.57 Å². The van der Waals surface area contributed by atoms with Gasteiger partial charge in [0.1, 0.15) is 0 Å². The molecule has 0 fully saturated rings. The van der Waals surface area contributed by atoms with Crippen LogP contribution in [-0.2, 0) is 18.0 Å². The lowest BCUT2D eigenvalue weighted by molar-refractivity contribution is 0.506. The van der Waals surface area contributed by atoms with Gasteiger partial charge in [-0.1, -0.05) is 20.8 Å². The largest absolute Gasteiger partial charge is 0.322 e. The molecule has 0 spiro atoms. The minimum atomic E-state index is -0.592. The van der Waals surface area contributed by atoms with Gasteiger partial charge in [0.25, 0.3) is 5.56 Å². The molecule has 1 aromatic heterocycles. The van der Waals surface area contributed by atoms with Gasteiger partial charge in [0.2, 0.25) is 0 Å². The molecule has 1 rings (SSSR count). The fourth-order valence-corrected chi connectivity index (χ4v) is 1.88. The normalized spacial score (nSPS) is 12.9. The molecule has 1 aromatic rings. The first-order chi connectivity index (χ1) is 7.05. The van der Waals surface area contributed by atoms with E-state index in [-0.39, 0.29) is 11.0 Å². The Morgan fingerprint density at radius 2 is 1.62 bits per heavy atom. The van der Waals surface area contributed by atoms with Gasteiger partial charge in [0, 0.05) is 29.3 Å². The van der Waals surface area contributed by atoms with Crippen LogP contribution in [0.15, 0.2) is 16.9 Å². The number of hydrogen-bond acceptors (Lipinski definition) is 2. The highest BCUT2D eigenvalue weighted by Gasteiger charge is 2.23. The molecule has 0 unspecified atom stereocenters. The van der Waals surface area contributed by atoms with E-state index in [1.54, 1.807) is 11.6 Å². The predicted molar refractivity (Wildman–Crippen MR) is 67.6 cm³/mol. The molecule has 0 saturated heterocycles. The SMILES string of the molecule is Cn1c(C(C)(C)C)ccc(C(C)(C)N)c1=O.